The molecule has 0 aromatic heterocycles. The van der Waals surface area contributed by atoms with E-state index in [9.17, 15) is 4.79 Å². The molecule has 0 aromatic rings. The monoisotopic (exact) mass is 194 g/mol. The molecule has 0 saturated carbocycles. The third-order valence-corrected chi connectivity index (χ3v) is 3.83. The van der Waals surface area contributed by atoms with Crippen molar-refractivity contribution < 1.29 is 4.79 Å². The lowest BCUT2D eigenvalue weighted by Gasteiger charge is -2.42. The Balaban J connectivity index is 2.99. The largest absolute Gasteiger partial charge is 0.303 e. The minimum Gasteiger partial charge on any atom is -0.303 e. The molecular formula is C13H22O. The first-order valence-corrected chi connectivity index (χ1v) is 5.70. The van der Waals surface area contributed by atoms with Crippen molar-refractivity contribution in [3.05, 3.63) is 11.6 Å². The van der Waals surface area contributed by atoms with Crippen LogP contribution in [-0.4, -0.2) is 6.29 Å². The van der Waals surface area contributed by atoms with Gasteiger partial charge < -0.3 is 4.79 Å². The van der Waals surface area contributed by atoms with E-state index in [0.717, 1.165) is 19.3 Å². The smallest absolute Gasteiger partial charge is 0.126 e. The molecule has 0 fully saturated rings. The summed E-state index contributed by atoms with van der Waals surface area (Å²) in [5, 5.41) is 0. The average Bonchev–Trinajstić information content (AvgIpc) is 2.11. The van der Waals surface area contributed by atoms with E-state index in [-0.39, 0.29) is 5.41 Å². The summed E-state index contributed by atoms with van der Waals surface area (Å²) in [6, 6.07) is 0. The number of carbonyl (C=O) groups excluding carboxylic acids is 1. The SMILES string of the molecule is CCCC1(C=O)C(C)C=C(C)CC1C. The van der Waals surface area contributed by atoms with Gasteiger partial charge >= 0.3 is 0 Å². The van der Waals surface area contributed by atoms with Crippen molar-refractivity contribution in [3.8, 4) is 0 Å². The number of rotatable bonds is 3. The van der Waals surface area contributed by atoms with Gasteiger partial charge in [-0.15, -0.1) is 0 Å². The van der Waals surface area contributed by atoms with Gasteiger partial charge in [-0.2, -0.15) is 0 Å². The van der Waals surface area contributed by atoms with Gasteiger partial charge in [-0.25, -0.2) is 0 Å². The molecule has 0 N–H and O–H groups in total. The van der Waals surface area contributed by atoms with Crippen LogP contribution in [0.3, 0.4) is 0 Å². The number of aldehydes is 1. The molecule has 1 aliphatic carbocycles. The van der Waals surface area contributed by atoms with Crippen LogP contribution in [0.25, 0.3) is 0 Å². The van der Waals surface area contributed by atoms with Crippen LogP contribution in [0, 0.1) is 17.3 Å². The van der Waals surface area contributed by atoms with Crippen LogP contribution in [0.5, 0.6) is 0 Å². The Morgan fingerprint density at radius 3 is 2.64 bits per heavy atom. The molecule has 0 heterocycles. The highest BCUT2D eigenvalue weighted by atomic mass is 16.1. The number of hydrogen-bond acceptors (Lipinski definition) is 1. The molecule has 3 atom stereocenters. The highest BCUT2D eigenvalue weighted by Crippen LogP contribution is 2.45. The summed E-state index contributed by atoms with van der Waals surface area (Å²) in [6.45, 7) is 8.74. The molecule has 1 heteroatoms. The summed E-state index contributed by atoms with van der Waals surface area (Å²) in [6.07, 6.45) is 6.71. The second kappa shape index (κ2) is 4.29. The number of carbonyl (C=O) groups is 1. The van der Waals surface area contributed by atoms with Crippen molar-refractivity contribution in [2.45, 2.75) is 47.0 Å². The van der Waals surface area contributed by atoms with Crippen LogP contribution < -0.4 is 0 Å². The van der Waals surface area contributed by atoms with Gasteiger partial charge in [-0.05, 0) is 31.6 Å². The third-order valence-electron chi connectivity index (χ3n) is 3.83. The van der Waals surface area contributed by atoms with Crippen molar-refractivity contribution in [2.75, 3.05) is 0 Å². The first-order valence-electron chi connectivity index (χ1n) is 5.70. The zero-order valence-corrected chi connectivity index (χ0v) is 9.84. The van der Waals surface area contributed by atoms with Crippen molar-refractivity contribution in [2.24, 2.45) is 17.3 Å². The minimum atomic E-state index is -0.0890. The van der Waals surface area contributed by atoms with Crippen molar-refractivity contribution >= 4 is 6.29 Å². The zero-order chi connectivity index (χ0) is 10.8. The van der Waals surface area contributed by atoms with Gasteiger partial charge in [0.1, 0.15) is 6.29 Å². The molecule has 80 valence electrons. The molecule has 0 saturated heterocycles. The fourth-order valence-corrected chi connectivity index (χ4v) is 2.96. The molecule has 0 bridgehead atoms. The van der Waals surface area contributed by atoms with Gasteiger partial charge in [0.05, 0.1) is 0 Å². The van der Waals surface area contributed by atoms with E-state index in [1.165, 1.54) is 11.9 Å². The van der Waals surface area contributed by atoms with Crippen LogP contribution in [0.2, 0.25) is 0 Å². The van der Waals surface area contributed by atoms with E-state index >= 15 is 0 Å². The second-order valence-electron chi connectivity index (χ2n) is 4.89. The molecule has 1 rings (SSSR count). The van der Waals surface area contributed by atoms with E-state index in [1.54, 1.807) is 0 Å². The summed E-state index contributed by atoms with van der Waals surface area (Å²) in [4.78, 5) is 11.4. The maximum Gasteiger partial charge on any atom is 0.126 e. The van der Waals surface area contributed by atoms with E-state index in [2.05, 4.69) is 33.8 Å². The standard InChI is InChI=1S/C13H22O/c1-5-6-13(9-14)11(3)7-10(2)8-12(13)4/h7,9,11-12H,5-6,8H2,1-4H3. The van der Waals surface area contributed by atoms with Crippen LogP contribution >= 0.6 is 0 Å². The Bertz CT molecular complexity index is 242. The highest BCUT2D eigenvalue weighted by molar-refractivity contribution is 5.62. The summed E-state index contributed by atoms with van der Waals surface area (Å²) in [7, 11) is 0. The highest BCUT2D eigenvalue weighted by Gasteiger charge is 2.41. The Morgan fingerprint density at radius 1 is 1.57 bits per heavy atom. The number of allylic oxidation sites excluding steroid dienone is 2. The molecule has 3 unspecified atom stereocenters. The third kappa shape index (κ3) is 1.77. The lowest BCUT2D eigenvalue weighted by atomic mass is 9.61. The Morgan fingerprint density at radius 2 is 2.21 bits per heavy atom. The first kappa shape index (κ1) is 11.5. The molecule has 0 amide bonds. The topological polar surface area (TPSA) is 17.1 Å². The Hall–Kier alpha value is -0.590. The molecular weight excluding hydrogens is 172 g/mol. The summed E-state index contributed by atoms with van der Waals surface area (Å²) < 4.78 is 0. The summed E-state index contributed by atoms with van der Waals surface area (Å²) >= 11 is 0. The Kier molecular flexibility index (Phi) is 3.52. The summed E-state index contributed by atoms with van der Waals surface area (Å²) in [5.41, 5.74) is 1.35. The Labute approximate surface area is 87.6 Å². The minimum absolute atomic E-state index is 0.0890. The predicted molar refractivity (Wildman–Crippen MR) is 60.1 cm³/mol. The maximum atomic E-state index is 11.4. The molecule has 0 aliphatic heterocycles. The molecule has 0 radical (unpaired) electrons. The van der Waals surface area contributed by atoms with E-state index in [4.69, 9.17) is 0 Å². The summed E-state index contributed by atoms with van der Waals surface area (Å²) in [5.74, 6) is 0.906. The van der Waals surface area contributed by atoms with Crippen LogP contribution in [0.4, 0.5) is 0 Å². The van der Waals surface area contributed by atoms with Crippen LogP contribution in [0.15, 0.2) is 11.6 Å². The fraction of sp³-hybridized carbons (Fsp3) is 0.769. The van der Waals surface area contributed by atoms with Gasteiger partial charge in [0.15, 0.2) is 0 Å². The second-order valence-corrected chi connectivity index (χ2v) is 4.89. The first-order chi connectivity index (χ1) is 6.56. The fourth-order valence-electron chi connectivity index (χ4n) is 2.96. The predicted octanol–water partition coefficient (Wildman–Crippen LogP) is 3.59. The molecule has 0 spiro atoms. The molecule has 1 aliphatic rings. The van der Waals surface area contributed by atoms with Gasteiger partial charge in [-0.3, -0.25) is 0 Å². The van der Waals surface area contributed by atoms with Crippen molar-refractivity contribution in [1.82, 2.24) is 0 Å². The molecule has 14 heavy (non-hydrogen) atoms. The van der Waals surface area contributed by atoms with E-state index < -0.39 is 0 Å². The maximum absolute atomic E-state index is 11.4. The van der Waals surface area contributed by atoms with Gasteiger partial charge in [0.2, 0.25) is 0 Å². The van der Waals surface area contributed by atoms with Gasteiger partial charge in [-0.1, -0.05) is 38.8 Å². The van der Waals surface area contributed by atoms with Crippen LogP contribution in [0.1, 0.15) is 47.0 Å². The van der Waals surface area contributed by atoms with E-state index in [1.807, 2.05) is 0 Å². The normalized spacial score (nSPS) is 37.9. The van der Waals surface area contributed by atoms with Crippen molar-refractivity contribution in [1.29, 1.82) is 0 Å². The van der Waals surface area contributed by atoms with Crippen molar-refractivity contribution in [3.63, 3.8) is 0 Å². The zero-order valence-electron chi connectivity index (χ0n) is 9.84. The van der Waals surface area contributed by atoms with Crippen LogP contribution in [-0.2, 0) is 4.79 Å². The van der Waals surface area contributed by atoms with Gasteiger partial charge in [0.25, 0.3) is 0 Å². The lowest BCUT2D eigenvalue weighted by molar-refractivity contribution is -0.122. The lowest BCUT2D eigenvalue weighted by Crippen LogP contribution is -2.39. The van der Waals surface area contributed by atoms with Gasteiger partial charge in [0, 0.05) is 5.41 Å². The average molecular weight is 194 g/mol. The quantitative estimate of drug-likeness (QED) is 0.495. The molecule has 0 aromatic carbocycles. The number of hydrogen-bond donors (Lipinski definition) is 0. The van der Waals surface area contributed by atoms with E-state index in [0.29, 0.717) is 11.8 Å². The molecule has 1 nitrogen and oxygen atoms in total.